The molecule has 1 aromatic rings. The van der Waals surface area contributed by atoms with Gasteiger partial charge in [0.25, 0.3) is 0 Å². The number of nitrogens with zero attached hydrogens (tertiary/aromatic N) is 1. The summed E-state index contributed by atoms with van der Waals surface area (Å²) in [5.41, 5.74) is 1.20. The summed E-state index contributed by atoms with van der Waals surface area (Å²) in [5.74, 6) is 0.847. The monoisotopic (exact) mass is 273 g/mol. The minimum atomic E-state index is 0.580. The summed E-state index contributed by atoms with van der Waals surface area (Å²) in [6, 6.07) is 2.01. The fourth-order valence-electron chi connectivity index (χ4n) is 1.75. The minimum absolute atomic E-state index is 0.580. The third-order valence-corrected chi connectivity index (χ3v) is 4.34. The van der Waals surface area contributed by atoms with Crippen molar-refractivity contribution in [2.45, 2.75) is 30.5 Å². The van der Waals surface area contributed by atoms with Crippen molar-refractivity contribution < 1.29 is 0 Å². The van der Waals surface area contributed by atoms with Crippen LogP contribution in [0.1, 0.15) is 24.8 Å². The lowest BCUT2D eigenvalue weighted by Crippen LogP contribution is -2.23. The molecular formula is C11H13BrClN. The zero-order chi connectivity index (χ0) is 9.97. The predicted octanol–water partition coefficient (Wildman–Crippen LogP) is 3.84. The van der Waals surface area contributed by atoms with Gasteiger partial charge in [-0.05, 0) is 36.8 Å². The molecule has 0 bridgehead atoms. The Labute approximate surface area is 98.0 Å². The highest BCUT2D eigenvalue weighted by atomic mass is 79.9. The second kappa shape index (κ2) is 4.63. The van der Waals surface area contributed by atoms with Crippen molar-refractivity contribution in [3.05, 3.63) is 29.0 Å². The standard InChI is InChI=1S/C11H13BrClN/c12-10(8-2-1-3-8)6-9-4-5-14-7-11(9)13/h4-5,7-8,10H,1-3,6H2. The number of hydrogen-bond donors (Lipinski definition) is 0. The van der Waals surface area contributed by atoms with Crippen molar-refractivity contribution in [2.75, 3.05) is 0 Å². The van der Waals surface area contributed by atoms with Crippen LogP contribution in [0.3, 0.4) is 0 Å². The van der Waals surface area contributed by atoms with E-state index >= 15 is 0 Å². The summed E-state index contributed by atoms with van der Waals surface area (Å²) >= 11 is 9.80. The maximum Gasteiger partial charge on any atom is 0.0621 e. The maximum absolute atomic E-state index is 6.05. The number of rotatable bonds is 3. The molecular weight excluding hydrogens is 261 g/mol. The molecule has 0 radical (unpaired) electrons. The van der Waals surface area contributed by atoms with E-state index in [9.17, 15) is 0 Å². The van der Waals surface area contributed by atoms with Crippen molar-refractivity contribution in [1.29, 1.82) is 0 Å². The van der Waals surface area contributed by atoms with E-state index in [0.717, 1.165) is 17.4 Å². The molecule has 1 aromatic heterocycles. The van der Waals surface area contributed by atoms with E-state index in [1.54, 1.807) is 6.20 Å². The van der Waals surface area contributed by atoms with Crippen LogP contribution in [-0.4, -0.2) is 9.81 Å². The minimum Gasteiger partial charge on any atom is -0.263 e. The first-order valence-corrected chi connectivity index (χ1v) is 6.29. The van der Waals surface area contributed by atoms with Crippen LogP contribution < -0.4 is 0 Å². The van der Waals surface area contributed by atoms with Gasteiger partial charge in [0.2, 0.25) is 0 Å². The fourth-order valence-corrected chi connectivity index (χ4v) is 2.82. The molecule has 0 amide bonds. The third-order valence-electron chi connectivity index (χ3n) is 2.93. The van der Waals surface area contributed by atoms with Crippen LogP contribution in [0.25, 0.3) is 0 Å². The molecule has 0 aliphatic heterocycles. The third kappa shape index (κ3) is 2.29. The van der Waals surface area contributed by atoms with Gasteiger partial charge in [-0.1, -0.05) is 34.0 Å². The summed E-state index contributed by atoms with van der Waals surface area (Å²) in [7, 11) is 0. The Morgan fingerprint density at radius 2 is 2.36 bits per heavy atom. The Bertz CT molecular complexity index is 312. The molecule has 1 unspecified atom stereocenters. The number of pyridine rings is 1. The highest BCUT2D eigenvalue weighted by Crippen LogP contribution is 2.35. The summed E-state index contributed by atoms with van der Waals surface area (Å²) in [4.78, 5) is 4.56. The van der Waals surface area contributed by atoms with Gasteiger partial charge in [0.15, 0.2) is 0 Å². The Hall–Kier alpha value is -0.0800. The number of aromatic nitrogens is 1. The van der Waals surface area contributed by atoms with Gasteiger partial charge in [-0.15, -0.1) is 0 Å². The maximum atomic E-state index is 6.05. The molecule has 1 fully saturated rings. The van der Waals surface area contributed by atoms with E-state index in [-0.39, 0.29) is 0 Å². The lowest BCUT2D eigenvalue weighted by molar-refractivity contribution is 0.308. The van der Waals surface area contributed by atoms with E-state index in [1.165, 1.54) is 24.8 Å². The zero-order valence-electron chi connectivity index (χ0n) is 7.92. The highest BCUT2D eigenvalue weighted by Gasteiger charge is 2.25. The first-order chi connectivity index (χ1) is 6.77. The van der Waals surface area contributed by atoms with Crippen molar-refractivity contribution in [2.24, 2.45) is 5.92 Å². The van der Waals surface area contributed by atoms with Crippen LogP contribution >= 0.6 is 27.5 Å². The molecule has 1 nitrogen and oxygen atoms in total. The van der Waals surface area contributed by atoms with Crippen LogP contribution in [0.15, 0.2) is 18.5 Å². The van der Waals surface area contributed by atoms with Gasteiger partial charge in [0.05, 0.1) is 5.02 Å². The summed E-state index contributed by atoms with van der Waals surface area (Å²) in [5, 5.41) is 0.788. The van der Waals surface area contributed by atoms with Crippen molar-refractivity contribution in [3.63, 3.8) is 0 Å². The van der Waals surface area contributed by atoms with E-state index in [4.69, 9.17) is 11.6 Å². The average Bonchev–Trinajstić information content (AvgIpc) is 2.05. The highest BCUT2D eigenvalue weighted by molar-refractivity contribution is 9.09. The molecule has 1 aliphatic rings. The normalized spacial score (nSPS) is 19.0. The van der Waals surface area contributed by atoms with Crippen molar-refractivity contribution in [3.8, 4) is 0 Å². The Morgan fingerprint density at radius 3 is 2.93 bits per heavy atom. The second-order valence-corrected chi connectivity index (χ2v) is 5.46. The van der Waals surface area contributed by atoms with Gasteiger partial charge >= 0.3 is 0 Å². The van der Waals surface area contributed by atoms with E-state index in [2.05, 4.69) is 20.9 Å². The Balaban J connectivity index is 1.99. The Morgan fingerprint density at radius 1 is 1.57 bits per heavy atom. The molecule has 2 rings (SSSR count). The van der Waals surface area contributed by atoms with Crippen LogP contribution in [0.2, 0.25) is 5.02 Å². The van der Waals surface area contributed by atoms with Crippen molar-refractivity contribution >= 4 is 27.5 Å². The summed E-state index contributed by atoms with van der Waals surface area (Å²) in [6.45, 7) is 0. The van der Waals surface area contributed by atoms with Gasteiger partial charge in [0, 0.05) is 17.2 Å². The molecule has 1 heterocycles. The van der Waals surface area contributed by atoms with Crippen LogP contribution in [0.4, 0.5) is 0 Å². The fraction of sp³-hybridized carbons (Fsp3) is 0.545. The lowest BCUT2D eigenvalue weighted by Gasteiger charge is -2.30. The predicted molar refractivity (Wildman–Crippen MR) is 63.0 cm³/mol. The SMILES string of the molecule is Clc1cnccc1CC(Br)C1CCC1. The van der Waals surface area contributed by atoms with Crippen molar-refractivity contribution in [1.82, 2.24) is 4.98 Å². The van der Waals surface area contributed by atoms with Gasteiger partial charge in [-0.3, -0.25) is 4.98 Å². The number of hydrogen-bond acceptors (Lipinski definition) is 1. The number of halogens is 2. The second-order valence-electron chi connectivity index (χ2n) is 3.88. The molecule has 76 valence electrons. The molecule has 1 saturated carbocycles. The van der Waals surface area contributed by atoms with Gasteiger partial charge < -0.3 is 0 Å². The molecule has 1 atom stereocenters. The molecule has 1 aliphatic carbocycles. The van der Waals surface area contributed by atoms with Gasteiger partial charge in [0.1, 0.15) is 0 Å². The summed E-state index contributed by atoms with van der Waals surface area (Å²) in [6.07, 6.45) is 8.65. The average molecular weight is 275 g/mol. The first kappa shape index (κ1) is 10.4. The molecule has 3 heteroatoms. The lowest BCUT2D eigenvalue weighted by atomic mass is 9.81. The molecule has 0 aromatic carbocycles. The number of alkyl halides is 1. The largest absolute Gasteiger partial charge is 0.263 e. The first-order valence-electron chi connectivity index (χ1n) is 5.00. The van der Waals surface area contributed by atoms with Gasteiger partial charge in [-0.25, -0.2) is 0 Å². The molecule has 0 N–H and O–H groups in total. The molecule has 0 spiro atoms. The van der Waals surface area contributed by atoms with Crippen LogP contribution in [0, 0.1) is 5.92 Å². The van der Waals surface area contributed by atoms with E-state index in [0.29, 0.717) is 4.83 Å². The molecule has 14 heavy (non-hydrogen) atoms. The molecule has 0 saturated heterocycles. The smallest absolute Gasteiger partial charge is 0.0621 e. The zero-order valence-corrected chi connectivity index (χ0v) is 10.3. The van der Waals surface area contributed by atoms with Crippen LogP contribution in [0.5, 0.6) is 0 Å². The topological polar surface area (TPSA) is 12.9 Å². The van der Waals surface area contributed by atoms with E-state index in [1.807, 2.05) is 12.3 Å². The Kier molecular flexibility index (Phi) is 3.45. The van der Waals surface area contributed by atoms with E-state index < -0.39 is 0 Å². The summed E-state index contributed by atoms with van der Waals surface area (Å²) < 4.78 is 0. The quantitative estimate of drug-likeness (QED) is 0.763. The van der Waals surface area contributed by atoms with Crippen LogP contribution in [-0.2, 0) is 6.42 Å². The van der Waals surface area contributed by atoms with Gasteiger partial charge in [-0.2, -0.15) is 0 Å².